The first-order chi connectivity index (χ1) is 19.8. The van der Waals surface area contributed by atoms with Crippen LogP contribution in [0.1, 0.15) is 32.1 Å². The van der Waals surface area contributed by atoms with Crippen molar-refractivity contribution in [3.05, 3.63) is 93.5 Å². The van der Waals surface area contributed by atoms with Crippen molar-refractivity contribution < 1.29 is 27.4 Å². The third-order valence-electron chi connectivity index (χ3n) is 7.00. The predicted octanol–water partition coefficient (Wildman–Crippen LogP) is 6.57. The quantitative estimate of drug-likeness (QED) is 0.169. The van der Waals surface area contributed by atoms with E-state index in [1.54, 1.807) is 6.07 Å². The van der Waals surface area contributed by atoms with Crippen LogP contribution in [0.3, 0.4) is 0 Å². The van der Waals surface area contributed by atoms with E-state index in [-0.39, 0.29) is 35.8 Å². The second kappa shape index (κ2) is 12.8. The summed E-state index contributed by atoms with van der Waals surface area (Å²) in [5.41, 5.74) is -0.0540. The van der Waals surface area contributed by atoms with Crippen LogP contribution in [0.25, 0.3) is 27.7 Å². The molecule has 214 valence electrons. The molecule has 1 aliphatic rings. The van der Waals surface area contributed by atoms with E-state index >= 15 is 0 Å². The molecule has 0 spiro atoms. The summed E-state index contributed by atoms with van der Waals surface area (Å²) >= 11 is 6.38. The zero-order chi connectivity index (χ0) is 28.9. The molecule has 1 saturated carbocycles. The van der Waals surface area contributed by atoms with Crippen molar-refractivity contribution >= 4 is 28.5 Å². The Balaban J connectivity index is 1.42. The number of esters is 1. The van der Waals surface area contributed by atoms with Crippen molar-refractivity contribution in [1.29, 1.82) is 0 Å². The van der Waals surface area contributed by atoms with Crippen LogP contribution in [-0.4, -0.2) is 36.3 Å². The number of aromatic nitrogens is 1. The molecule has 10 heteroatoms. The molecule has 1 fully saturated rings. The zero-order valence-corrected chi connectivity index (χ0v) is 22.9. The van der Waals surface area contributed by atoms with E-state index in [2.05, 4.69) is 5.32 Å². The van der Waals surface area contributed by atoms with E-state index in [0.29, 0.717) is 35.2 Å². The molecular formula is C31H28ClF3N2O4. The van der Waals surface area contributed by atoms with Crippen molar-refractivity contribution in [1.82, 2.24) is 9.88 Å². The van der Waals surface area contributed by atoms with Crippen LogP contribution in [-0.2, 0) is 9.53 Å². The van der Waals surface area contributed by atoms with Gasteiger partial charge in [0, 0.05) is 23.1 Å². The van der Waals surface area contributed by atoms with Gasteiger partial charge in [-0.1, -0.05) is 17.7 Å². The fraction of sp³-hybridized carbons (Fsp3) is 0.290. The monoisotopic (exact) mass is 584 g/mol. The summed E-state index contributed by atoms with van der Waals surface area (Å²) in [4.78, 5) is 25.0. The summed E-state index contributed by atoms with van der Waals surface area (Å²) in [5.74, 6) is -2.33. The lowest BCUT2D eigenvalue weighted by Crippen LogP contribution is -2.28. The highest BCUT2D eigenvalue weighted by Crippen LogP contribution is 2.37. The van der Waals surface area contributed by atoms with Gasteiger partial charge in [0.2, 0.25) is 0 Å². The Morgan fingerprint density at radius 1 is 0.976 bits per heavy atom. The number of nitrogens with one attached hydrogen (secondary N) is 1. The molecule has 0 atom stereocenters. The van der Waals surface area contributed by atoms with Gasteiger partial charge < -0.3 is 14.8 Å². The number of ether oxygens (including phenoxy) is 2. The number of nitrogens with zero attached hydrogens (tertiary/aromatic N) is 1. The number of pyridine rings is 1. The van der Waals surface area contributed by atoms with Crippen LogP contribution >= 0.6 is 11.6 Å². The van der Waals surface area contributed by atoms with Crippen LogP contribution in [0.4, 0.5) is 13.2 Å². The molecular weight excluding hydrogens is 557 g/mol. The van der Waals surface area contributed by atoms with Gasteiger partial charge in [0.05, 0.1) is 23.7 Å². The highest BCUT2D eigenvalue weighted by atomic mass is 35.5. The number of carbonyl (C=O) groups excluding carboxylic acids is 1. The van der Waals surface area contributed by atoms with Gasteiger partial charge in [-0.05, 0) is 86.7 Å². The molecule has 0 unspecified atom stereocenters. The highest BCUT2D eigenvalue weighted by Gasteiger charge is 2.20. The van der Waals surface area contributed by atoms with Crippen molar-refractivity contribution in [3.63, 3.8) is 0 Å². The van der Waals surface area contributed by atoms with Gasteiger partial charge in [-0.2, -0.15) is 0 Å². The summed E-state index contributed by atoms with van der Waals surface area (Å²) in [5, 5.41) is 3.61. The number of fused-ring (bicyclic) bond motifs is 1. The minimum atomic E-state index is -0.912. The van der Waals surface area contributed by atoms with Crippen molar-refractivity contribution in [2.24, 2.45) is 0 Å². The number of hydrogen-bond donors (Lipinski definition) is 1. The topological polar surface area (TPSA) is 69.6 Å². The molecule has 6 nitrogen and oxygen atoms in total. The molecule has 5 rings (SSSR count). The van der Waals surface area contributed by atoms with E-state index < -0.39 is 28.7 Å². The van der Waals surface area contributed by atoms with Gasteiger partial charge in [-0.3, -0.25) is 14.2 Å². The summed E-state index contributed by atoms with van der Waals surface area (Å²) in [6.07, 6.45) is 4.53. The molecule has 0 bridgehead atoms. The smallest absolute Gasteiger partial charge is 0.320 e. The van der Waals surface area contributed by atoms with Gasteiger partial charge in [-0.15, -0.1) is 0 Å². The molecule has 3 aromatic carbocycles. The zero-order valence-electron chi connectivity index (χ0n) is 22.1. The molecule has 0 amide bonds. The maximum Gasteiger partial charge on any atom is 0.320 e. The van der Waals surface area contributed by atoms with Crippen LogP contribution < -0.4 is 15.6 Å². The van der Waals surface area contributed by atoms with Crippen molar-refractivity contribution in [3.8, 4) is 22.6 Å². The van der Waals surface area contributed by atoms with Crippen LogP contribution in [0.5, 0.6) is 5.75 Å². The Morgan fingerprint density at radius 3 is 2.46 bits per heavy atom. The van der Waals surface area contributed by atoms with E-state index in [1.807, 2.05) is 0 Å². The summed E-state index contributed by atoms with van der Waals surface area (Å²) in [6, 6.07) is 13.2. The fourth-order valence-electron chi connectivity index (χ4n) is 5.08. The first kappa shape index (κ1) is 28.7. The van der Waals surface area contributed by atoms with E-state index in [0.717, 1.165) is 48.4 Å². The molecule has 0 saturated heterocycles. The maximum absolute atomic E-state index is 14.8. The third-order valence-corrected chi connectivity index (χ3v) is 7.32. The number of rotatable bonds is 10. The van der Waals surface area contributed by atoms with Crippen LogP contribution in [0.15, 0.2) is 65.5 Å². The predicted molar refractivity (Wildman–Crippen MR) is 151 cm³/mol. The van der Waals surface area contributed by atoms with Crippen molar-refractivity contribution in [2.75, 3.05) is 19.7 Å². The second-order valence-electron chi connectivity index (χ2n) is 9.88. The highest BCUT2D eigenvalue weighted by molar-refractivity contribution is 6.33. The molecule has 41 heavy (non-hydrogen) atoms. The number of carbonyl (C=O) groups is 1. The van der Waals surface area contributed by atoms with Crippen LogP contribution in [0.2, 0.25) is 5.02 Å². The van der Waals surface area contributed by atoms with Gasteiger partial charge in [0.25, 0.3) is 5.56 Å². The number of benzene rings is 3. The lowest BCUT2D eigenvalue weighted by atomic mass is 9.99. The minimum Gasteiger partial charge on any atom is -0.493 e. The summed E-state index contributed by atoms with van der Waals surface area (Å²) < 4.78 is 55.8. The number of hydrogen-bond acceptors (Lipinski definition) is 5. The summed E-state index contributed by atoms with van der Waals surface area (Å²) in [6.45, 7) is 0.813. The first-order valence-corrected chi connectivity index (χ1v) is 13.8. The summed E-state index contributed by atoms with van der Waals surface area (Å²) in [7, 11) is 0. The number of halogens is 4. The molecule has 1 aromatic heterocycles. The average Bonchev–Trinajstić information content (AvgIpc) is 3.44. The lowest BCUT2D eigenvalue weighted by Gasteiger charge is -2.17. The van der Waals surface area contributed by atoms with E-state index in [1.165, 1.54) is 36.4 Å². The maximum atomic E-state index is 14.8. The molecule has 0 radical (unpaired) electrons. The lowest BCUT2D eigenvalue weighted by molar-refractivity contribution is -0.147. The van der Waals surface area contributed by atoms with Crippen LogP contribution in [0, 0.1) is 17.5 Å². The third kappa shape index (κ3) is 6.57. The molecule has 1 heterocycles. The second-order valence-corrected chi connectivity index (χ2v) is 10.3. The first-order valence-electron chi connectivity index (χ1n) is 13.4. The van der Waals surface area contributed by atoms with Crippen molar-refractivity contribution in [2.45, 2.75) is 38.2 Å². The van der Waals surface area contributed by atoms with Gasteiger partial charge in [-0.25, -0.2) is 13.2 Å². The normalized spacial score (nSPS) is 13.6. The molecule has 1 aliphatic carbocycles. The van der Waals surface area contributed by atoms with Gasteiger partial charge in [0.15, 0.2) is 0 Å². The largest absolute Gasteiger partial charge is 0.493 e. The van der Waals surface area contributed by atoms with Gasteiger partial charge in [0.1, 0.15) is 35.0 Å². The standard InChI is InChI=1S/C31H28ClF3N2O4/c32-25-15-19(33)9-10-22(25)24-16-21(40-14-4-13-36-18-30(39)41-20-5-1-2-6-20)17-28-23(24)11-12-29(38)37(28)31-26(34)7-3-8-27(31)35/h3,7-12,15-17,20,36H,1-2,4-6,13-14,18H2. The average molecular weight is 585 g/mol. The molecule has 1 N–H and O–H groups in total. The Morgan fingerprint density at radius 2 is 1.73 bits per heavy atom. The Labute approximate surface area is 239 Å². The molecule has 4 aromatic rings. The van der Waals surface area contributed by atoms with E-state index in [9.17, 15) is 22.8 Å². The Kier molecular flexibility index (Phi) is 8.95. The van der Waals surface area contributed by atoms with E-state index in [4.69, 9.17) is 21.1 Å². The number of para-hydroxylation sites is 1. The minimum absolute atomic E-state index is 0.0135. The fourth-order valence-corrected chi connectivity index (χ4v) is 5.35. The van der Waals surface area contributed by atoms with Gasteiger partial charge >= 0.3 is 5.97 Å². The Hall–Kier alpha value is -3.82. The Bertz CT molecular complexity index is 1620. The SMILES string of the molecule is O=C(CNCCCOc1cc(-c2ccc(F)cc2Cl)c2ccc(=O)n(-c3c(F)cccc3F)c2c1)OC1CCCC1. The molecule has 0 aliphatic heterocycles.